The lowest BCUT2D eigenvalue weighted by molar-refractivity contribution is 1.30. The summed E-state index contributed by atoms with van der Waals surface area (Å²) < 4.78 is 36.8. The molecule has 1 heteroatoms. The molecule has 0 atom stereocenters. The third-order valence-electron chi connectivity index (χ3n) is 8.07. The number of hydrogen-bond donors (Lipinski definition) is 0. The number of benzene rings is 8. The molecular weight excluding hydrogens is 518 g/mol. The molecule has 8 aromatic carbocycles. The van der Waals surface area contributed by atoms with Crippen LogP contribution in [0.1, 0.15) is 5.48 Å². The van der Waals surface area contributed by atoms with E-state index in [2.05, 4.69) is 54.6 Å². The molecule has 0 aromatic heterocycles. The standard InChI is InChI=1S/C42H29N/c1-3-13-33-26-37(24-22-30(33)10-1)35-16-7-18-39(28-35)43(42-21-9-15-32-12-5-6-20-41(32)42)40-19-8-17-36(29-40)38-25-23-31-11-2-4-14-34(31)27-38/h1-29H/i7D,16D,18D,28D. The van der Waals surface area contributed by atoms with E-state index in [0.29, 0.717) is 11.1 Å². The van der Waals surface area contributed by atoms with E-state index >= 15 is 0 Å². The van der Waals surface area contributed by atoms with Gasteiger partial charge < -0.3 is 4.90 Å². The summed E-state index contributed by atoms with van der Waals surface area (Å²) in [6, 6.07) is 50.3. The Bertz CT molecular complexity index is 2480. The van der Waals surface area contributed by atoms with Gasteiger partial charge in [-0.1, -0.05) is 133 Å². The number of hydrogen-bond acceptors (Lipinski definition) is 1. The highest BCUT2D eigenvalue weighted by Crippen LogP contribution is 2.41. The van der Waals surface area contributed by atoms with Gasteiger partial charge in [-0.15, -0.1) is 0 Å². The predicted octanol–water partition coefficient (Wildman–Crippen LogP) is 11.9. The quantitative estimate of drug-likeness (QED) is 0.206. The van der Waals surface area contributed by atoms with E-state index in [1.165, 1.54) is 5.39 Å². The van der Waals surface area contributed by atoms with Gasteiger partial charge in [-0.2, -0.15) is 0 Å². The Balaban J connectivity index is 1.40. The molecule has 0 spiro atoms. The Morgan fingerprint density at radius 1 is 0.395 bits per heavy atom. The van der Waals surface area contributed by atoms with Gasteiger partial charge in [-0.25, -0.2) is 0 Å². The molecule has 0 aliphatic carbocycles. The van der Waals surface area contributed by atoms with Gasteiger partial charge in [0.05, 0.1) is 11.2 Å². The zero-order valence-electron chi connectivity index (χ0n) is 27.4. The van der Waals surface area contributed by atoms with Crippen molar-refractivity contribution in [3.8, 4) is 22.3 Å². The van der Waals surface area contributed by atoms with Crippen molar-refractivity contribution in [2.75, 3.05) is 4.90 Å². The second-order valence-corrected chi connectivity index (χ2v) is 10.7. The van der Waals surface area contributed by atoms with Crippen LogP contribution in [-0.4, -0.2) is 0 Å². The first kappa shape index (κ1) is 21.1. The molecule has 0 radical (unpaired) electrons. The first-order valence-corrected chi connectivity index (χ1v) is 14.4. The number of fused-ring (bicyclic) bond motifs is 3. The highest BCUT2D eigenvalue weighted by atomic mass is 15.1. The van der Waals surface area contributed by atoms with E-state index in [4.69, 9.17) is 2.74 Å². The maximum Gasteiger partial charge on any atom is 0.0651 e. The lowest BCUT2D eigenvalue weighted by Crippen LogP contribution is -2.10. The topological polar surface area (TPSA) is 3.24 Å². The zero-order valence-corrected chi connectivity index (χ0v) is 23.4. The minimum absolute atomic E-state index is 0.0373. The Morgan fingerprint density at radius 3 is 1.72 bits per heavy atom. The second kappa shape index (κ2) is 10.6. The van der Waals surface area contributed by atoms with E-state index in [-0.39, 0.29) is 29.9 Å². The van der Waals surface area contributed by atoms with Crippen LogP contribution in [0.3, 0.4) is 0 Å². The van der Waals surface area contributed by atoms with E-state index in [0.717, 1.165) is 49.4 Å². The van der Waals surface area contributed by atoms with Crippen molar-refractivity contribution in [2.24, 2.45) is 0 Å². The first-order valence-electron chi connectivity index (χ1n) is 16.4. The summed E-state index contributed by atoms with van der Waals surface area (Å²) >= 11 is 0. The average Bonchev–Trinajstić information content (AvgIpc) is 3.12. The van der Waals surface area contributed by atoms with Crippen molar-refractivity contribution in [2.45, 2.75) is 0 Å². The second-order valence-electron chi connectivity index (χ2n) is 10.7. The largest absolute Gasteiger partial charge is 0.310 e. The smallest absolute Gasteiger partial charge is 0.0651 e. The van der Waals surface area contributed by atoms with Crippen LogP contribution in [0, 0.1) is 0 Å². The van der Waals surface area contributed by atoms with Crippen molar-refractivity contribution in [1.82, 2.24) is 0 Å². The van der Waals surface area contributed by atoms with E-state index in [9.17, 15) is 2.74 Å². The predicted molar refractivity (Wildman–Crippen MR) is 185 cm³/mol. The normalized spacial score (nSPS) is 12.6. The summed E-state index contributed by atoms with van der Waals surface area (Å²) in [5.41, 5.74) is 4.88. The first-order chi connectivity index (χ1) is 23.0. The number of anilines is 3. The summed E-state index contributed by atoms with van der Waals surface area (Å²) in [6.07, 6.45) is 0. The van der Waals surface area contributed by atoms with Gasteiger partial charge in [0.25, 0.3) is 0 Å². The van der Waals surface area contributed by atoms with E-state index in [1.54, 1.807) is 0 Å². The number of nitrogens with zero attached hydrogens (tertiary/aromatic N) is 1. The van der Waals surface area contributed by atoms with Crippen LogP contribution < -0.4 is 4.90 Å². The number of rotatable bonds is 5. The Morgan fingerprint density at radius 2 is 0.977 bits per heavy atom. The van der Waals surface area contributed by atoms with Gasteiger partial charge in [0.2, 0.25) is 0 Å². The van der Waals surface area contributed by atoms with Gasteiger partial charge in [0, 0.05) is 16.8 Å². The summed E-state index contributed by atoms with van der Waals surface area (Å²) in [6.45, 7) is 0. The molecule has 8 aromatic rings. The Hall–Kier alpha value is -5.66. The maximum atomic E-state index is 9.65. The minimum Gasteiger partial charge on any atom is -0.310 e. The lowest BCUT2D eigenvalue weighted by atomic mass is 9.99. The van der Waals surface area contributed by atoms with Crippen molar-refractivity contribution in [1.29, 1.82) is 0 Å². The van der Waals surface area contributed by atoms with Crippen LogP contribution in [0.4, 0.5) is 17.1 Å². The fraction of sp³-hybridized carbons (Fsp3) is 0. The summed E-state index contributed by atoms with van der Waals surface area (Å²) in [5, 5.41) is 6.34. The molecule has 0 aliphatic heterocycles. The van der Waals surface area contributed by atoms with Gasteiger partial charge in [-0.05, 0) is 91.6 Å². The molecule has 0 fully saturated rings. The molecule has 0 bridgehead atoms. The highest BCUT2D eigenvalue weighted by molar-refractivity contribution is 6.00. The summed E-state index contributed by atoms with van der Waals surface area (Å²) in [7, 11) is 0. The molecule has 0 aliphatic rings. The fourth-order valence-corrected chi connectivity index (χ4v) is 5.92. The van der Waals surface area contributed by atoms with Crippen LogP contribution in [0.5, 0.6) is 0 Å². The van der Waals surface area contributed by atoms with Crippen molar-refractivity contribution >= 4 is 49.4 Å². The SMILES string of the molecule is [2H]c1c([2H])c(-c2ccc3ccccc3c2)c([2H])c(N(c2cccc(-c3ccc4ccccc4c3)c2)c2cccc3ccccc23)c1[2H]. The molecule has 0 saturated carbocycles. The van der Waals surface area contributed by atoms with Gasteiger partial charge >= 0.3 is 0 Å². The molecule has 0 amide bonds. The van der Waals surface area contributed by atoms with Crippen LogP contribution in [0.2, 0.25) is 0 Å². The average molecular weight is 552 g/mol. The molecule has 1 nitrogen and oxygen atoms in total. The van der Waals surface area contributed by atoms with Crippen LogP contribution in [0.15, 0.2) is 176 Å². The third kappa shape index (κ3) is 4.71. The molecule has 0 heterocycles. The van der Waals surface area contributed by atoms with E-state index < -0.39 is 0 Å². The minimum atomic E-state index is -0.213. The molecule has 202 valence electrons. The molecule has 43 heavy (non-hydrogen) atoms. The molecular formula is C42H29N. The van der Waals surface area contributed by atoms with Crippen LogP contribution in [-0.2, 0) is 0 Å². The van der Waals surface area contributed by atoms with Crippen LogP contribution in [0.25, 0.3) is 54.6 Å². The zero-order chi connectivity index (χ0) is 32.1. The Kier molecular flexibility index (Phi) is 5.22. The highest BCUT2D eigenvalue weighted by Gasteiger charge is 2.17. The lowest BCUT2D eigenvalue weighted by Gasteiger charge is -2.28. The summed E-state index contributed by atoms with van der Waals surface area (Å²) in [4.78, 5) is 1.93. The van der Waals surface area contributed by atoms with Gasteiger partial charge in [-0.3, -0.25) is 0 Å². The summed E-state index contributed by atoms with van der Waals surface area (Å²) in [5.74, 6) is 0. The van der Waals surface area contributed by atoms with Gasteiger partial charge in [0.1, 0.15) is 0 Å². The van der Waals surface area contributed by atoms with Crippen LogP contribution >= 0.6 is 0 Å². The maximum absolute atomic E-state index is 9.65. The Labute approximate surface area is 257 Å². The molecule has 0 saturated heterocycles. The van der Waals surface area contributed by atoms with E-state index in [1.807, 2.05) is 102 Å². The monoisotopic (exact) mass is 551 g/mol. The molecule has 0 N–H and O–H groups in total. The van der Waals surface area contributed by atoms with Crippen molar-refractivity contribution in [3.05, 3.63) is 176 Å². The fourth-order valence-electron chi connectivity index (χ4n) is 5.92. The third-order valence-corrected chi connectivity index (χ3v) is 8.07. The van der Waals surface area contributed by atoms with Crippen molar-refractivity contribution < 1.29 is 5.48 Å². The van der Waals surface area contributed by atoms with Crippen molar-refractivity contribution in [3.63, 3.8) is 0 Å². The molecule has 0 unspecified atom stereocenters. The van der Waals surface area contributed by atoms with Gasteiger partial charge in [0.15, 0.2) is 0 Å². The molecule has 8 rings (SSSR count).